The van der Waals surface area contributed by atoms with Crippen LogP contribution in [0.5, 0.6) is 0 Å². The van der Waals surface area contributed by atoms with Gasteiger partial charge in [-0.1, -0.05) is 0 Å². The Hall–Kier alpha value is -0.980. The second kappa shape index (κ2) is 6.09. The monoisotopic (exact) mass is 256 g/mol. The number of rotatable bonds is 5. The topological polar surface area (TPSA) is 60.5 Å². The van der Waals surface area contributed by atoms with Crippen molar-refractivity contribution in [3.05, 3.63) is 11.6 Å². The van der Waals surface area contributed by atoms with Gasteiger partial charge in [0.2, 0.25) is 0 Å². The van der Waals surface area contributed by atoms with Crippen molar-refractivity contribution in [2.45, 2.75) is 32.0 Å². The van der Waals surface area contributed by atoms with Crippen molar-refractivity contribution < 1.29 is 14.3 Å². The first kappa shape index (κ1) is 12.5. The Bertz CT molecular complexity index is 350. The molecular formula is C11H16N2O3S. The number of carbonyl (C=O) groups excluding carboxylic acids is 1. The molecule has 94 valence electrons. The molecule has 0 bridgehead atoms. The minimum absolute atomic E-state index is 0.146. The van der Waals surface area contributed by atoms with Crippen LogP contribution in [0.1, 0.15) is 19.8 Å². The molecular weight excluding hydrogens is 240 g/mol. The van der Waals surface area contributed by atoms with Gasteiger partial charge in [0.15, 0.2) is 0 Å². The summed E-state index contributed by atoms with van der Waals surface area (Å²) in [7, 11) is 0. The summed E-state index contributed by atoms with van der Waals surface area (Å²) in [6.07, 6.45) is 3.39. The quantitative estimate of drug-likeness (QED) is 0.870. The zero-order valence-corrected chi connectivity index (χ0v) is 10.5. The fourth-order valence-corrected chi connectivity index (χ4v) is 2.08. The van der Waals surface area contributed by atoms with Crippen LogP contribution in [0.2, 0.25) is 0 Å². The van der Waals surface area contributed by atoms with Gasteiger partial charge in [-0.15, -0.1) is 0 Å². The summed E-state index contributed by atoms with van der Waals surface area (Å²) >= 11 is 1.30. The number of aromatic nitrogens is 1. The highest BCUT2D eigenvalue weighted by atomic mass is 32.1. The van der Waals surface area contributed by atoms with E-state index in [4.69, 9.17) is 9.47 Å². The van der Waals surface area contributed by atoms with Crippen LogP contribution in [-0.2, 0) is 14.3 Å². The first-order valence-corrected chi connectivity index (χ1v) is 6.53. The predicted molar refractivity (Wildman–Crippen MR) is 65.1 cm³/mol. The molecule has 1 saturated heterocycles. The molecule has 1 N–H and O–H groups in total. The van der Waals surface area contributed by atoms with Gasteiger partial charge >= 0.3 is 0 Å². The van der Waals surface area contributed by atoms with Crippen LogP contribution in [0.25, 0.3) is 0 Å². The van der Waals surface area contributed by atoms with E-state index in [-0.39, 0.29) is 12.0 Å². The number of carbonyl (C=O) groups is 1. The Kier molecular flexibility index (Phi) is 4.47. The average molecular weight is 256 g/mol. The van der Waals surface area contributed by atoms with Crippen molar-refractivity contribution in [3.63, 3.8) is 0 Å². The maximum Gasteiger partial charge on any atom is 0.253 e. The summed E-state index contributed by atoms with van der Waals surface area (Å²) in [5.74, 6) is -0.150. The lowest BCUT2D eigenvalue weighted by Crippen LogP contribution is -2.30. The molecule has 1 aromatic rings. The second-order valence-corrected chi connectivity index (χ2v) is 4.67. The molecule has 2 atom stereocenters. The summed E-state index contributed by atoms with van der Waals surface area (Å²) in [6, 6.07) is 0. The average Bonchev–Trinajstić information content (AvgIpc) is 2.98. The van der Waals surface area contributed by atoms with Crippen molar-refractivity contribution in [1.29, 1.82) is 0 Å². The Morgan fingerprint density at radius 3 is 3.35 bits per heavy atom. The van der Waals surface area contributed by atoms with E-state index in [0.717, 1.165) is 19.4 Å². The fraction of sp³-hybridized carbons (Fsp3) is 0.636. The lowest BCUT2D eigenvalue weighted by molar-refractivity contribution is -0.128. The maximum absolute atomic E-state index is 11.7. The van der Waals surface area contributed by atoms with Gasteiger partial charge in [0.05, 0.1) is 24.6 Å². The number of nitrogens with zero attached hydrogens (tertiary/aromatic N) is 1. The molecule has 1 aromatic heterocycles. The van der Waals surface area contributed by atoms with Crippen LogP contribution in [0, 0.1) is 0 Å². The van der Waals surface area contributed by atoms with Crippen molar-refractivity contribution >= 4 is 23.1 Å². The van der Waals surface area contributed by atoms with Gasteiger partial charge in [0.1, 0.15) is 6.10 Å². The summed E-state index contributed by atoms with van der Waals surface area (Å²) in [5.41, 5.74) is 0.715. The molecule has 2 unspecified atom stereocenters. The standard InChI is InChI=1S/C11H16N2O3S/c1-8(16-6-10-3-2-4-15-10)11(14)13-9-5-12-17-7-9/h5,7-8,10H,2-4,6H2,1H3,(H,13,14). The second-order valence-electron chi connectivity index (χ2n) is 4.01. The Labute approximate surface area is 104 Å². The zero-order valence-electron chi connectivity index (χ0n) is 9.72. The largest absolute Gasteiger partial charge is 0.376 e. The SMILES string of the molecule is CC(OCC1CCCO1)C(=O)Nc1cnsc1. The molecule has 0 spiro atoms. The van der Waals surface area contributed by atoms with E-state index >= 15 is 0 Å². The molecule has 2 heterocycles. The maximum atomic E-state index is 11.7. The molecule has 0 radical (unpaired) electrons. The fourth-order valence-electron chi connectivity index (χ4n) is 1.61. The van der Waals surface area contributed by atoms with Crippen molar-refractivity contribution in [2.75, 3.05) is 18.5 Å². The molecule has 2 rings (SSSR count). The van der Waals surface area contributed by atoms with Crippen LogP contribution in [0.4, 0.5) is 5.69 Å². The highest BCUT2D eigenvalue weighted by molar-refractivity contribution is 7.04. The molecule has 0 aliphatic carbocycles. The molecule has 5 nitrogen and oxygen atoms in total. The van der Waals surface area contributed by atoms with Crippen LogP contribution in [0.15, 0.2) is 11.6 Å². The molecule has 6 heteroatoms. The van der Waals surface area contributed by atoms with E-state index in [1.54, 1.807) is 18.5 Å². The number of hydrogen-bond donors (Lipinski definition) is 1. The van der Waals surface area contributed by atoms with E-state index in [9.17, 15) is 4.79 Å². The van der Waals surface area contributed by atoms with E-state index < -0.39 is 6.10 Å². The van der Waals surface area contributed by atoms with E-state index in [1.165, 1.54) is 11.5 Å². The van der Waals surface area contributed by atoms with Gasteiger partial charge in [-0.2, -0.15) is 4.37 Å². The third-order valence-corrected chi connectivity index (χ3v) is 3.21. The molecule has 0 saturated carbocycles. The van der Waals surface area contributed by atoms with Crippen LogP contribution in [-0.4, -0.2) is 35.7 Å². The van der Waals surface area contributed by atoms with Crippen molar-refractivity contribution in [3.8, 4) is 0 Å². The lowest BCUT2D eigenvalue weighted by atomic mass is 10.2. The summed E-state index contributed by atoms with van der Waals surface area (Å²) < 4.78 is 14.8. The van der Waals surface area contributed by atoms with E-state index in [2.05, 4.69) is 9.69 Å². The zero-order chi connectivity index (χ0) is 12.1. The molecule has 1 fully saturated rings. The Morgan fingerprint density at radius 2 is 2.71 bits per heavy atom. The van der Waals surface area contributed by atoms with Crippen LogP contribution in [0.3, 0.4) is 0 Å². The first-order chi connectivity index (χ1) is 8.25. The predicted octanol–water partition coefficient (Wildman–Crippen LogP) is 1.67. The smallest absolute Gasteiger partial charge is 0.253 e. The van der Waals surface area contributed by atoms with Crippen molar-refractivity contribution in [1.82, 2.24) is 4.37 Å². The highest BCUT2D eigenvalue weighted by Crippen LogP contribution is 2.13. The van der Waals surface area contributed by atoms with Gasteiger partial charge in [0, 0.05) is 12.0 Å². The summed E-state index contributed by atoms with van der Waals surface area (Å²) in [5, 5.41) is 4.52. The van der Waals surface area contributed by atoms with Crippen LogP contribution >= 0.6 is 11.5 Å². The molecule has 1 aliphatic rings. The van der Waals surface area contributed by atoms with Gasteiger partial charge in [0.25, 0.3) is 5.91 Å². The van der Waals surface area contributed by atoms with Gasteiger partial charge in [-0.05, 0) is 31.3 Å². The third-order valence-electron chi connectivity index (χ3n) is 2.63. The molecule has 0 aromatic carbocycles. The minimum atomic E-state index is -0.473. The van der Waals surface area contributed by atoms with Gasteiger partial charge in [-0.25, -0.2) is 0 Å². The number of hydrogen-bond acceptors (Lipinski definition) is 5. The summed E-state index contributed by atoms with van der Waals surface area (Å²) in [6.45, 7) is 3.02. The van der Waals surface area contributed by atoms with Gasteiger partial charge in [-0.3, -0.25) is 4.79 Å². The molecule has 1 aliphatic heterocycles. The number of ether oxygens (including phenoxy) is 2. The third kappa shape index (κ3) is 3.76. The molecule has 17 heavy (non-hydrogen) atoms. The van der Waals surface area contributed by atoms with Gasteiger partial charge < -0.3 is 14.8 Å². The highest BCUT2D eigenvalue weighted by Gasteiger charge is 2.19. The Morgan fingerprint density at radius 1 is 1.82 bits per heavy atom. The van der Waals surface area contributed by atoms with E-state index in [1.807, 2.05) is 0 Å². The number of nitrogens with one attached hydrogen (secondary N) is 1. The Balaban J connectivity index is 1.71. The molecule has 1 amide bonds. The van der Waals surface area contributed by atoms with Crippen LogP contribution < -0.4 is 5.32 Å². The summed E-state index contributed by atoms with van der Waals surface area (Å²) in [4.78, 5) is 11.7. The normalized spacial score (nSPS) is 21.4. The number of anilines is 1. The first-order valence-electron chi connectivity index (χ1n) is 5.69. The van der Waals surface area contributed by atoms with E-state index in [0.29, 0.717) is 12.3 Å². The number of amides is 1. The van der Waals surface area contributed by atoms with Crippen molar-refractivity contribution in [2.24, 2.45) is 0 Å². The lowest BCUT2D eigenvalue weighted by Gasteiger charge is -2.15. The minimum Gasteiger partial charge on any atom is -0.376 e.